The number of hydrogen-bond donors (Lipinski definition) is 2. The van der Waals surface area contributed by atoms with Crippen LogP contribution in [-0.4, -0.2) is 41.9 Å². The van der Waals surface area contributed by atoms with Crippen molar-refractivity contribution in [3.05, 3.63) is 58.9 Å². The van der Waals surface area contributed by atoms with E-state index in [1.165, 1.54) is 23.7 Å². The summed E-state index contributed by atoms with van der Waals surface area (Å²) in [5.41, 5.74) is 0.917. The summed E-state index contributed by atoms with van der Waals surface area (Å²) in [5.74, 6) is 0.485. The third kappa shape index (κ3) is 8.73. The molecule has 4 heterocycles. The van der Waals surface area contributed by atoms with Crippen molar-refractivity contribution in [2.45, 2.75) is 87.2 Å². The van der Waals surface area contributed by atoms with Gasteiger partial charge in [-0.05, 0) is 30.7 Å². The molecule has 0 fully saturated rings. The molecule has 4 aromatic rings. The van der Waals surface area contributed by atoms with E-state index in [2.05, 4.69) is 30.6 Å². The van der Waals surface area contributed by atoms with Gasteiger partial charge in [0.2, 0.25) is 0 Å². The van der Waals surface area contributed by atoms with Crippen LogP contribution in [0, 0.1) is 5.82 Å². The fourth-order valence-corrected chi connectivity index (χ4v) is 4.37. The minimum absolute atomic E-state index is 0.166. The standard InChI is InChI=1S/C20H16F3N7OS.4C2H6/c21-11-3-1-10(2-4-11)18-27-15-7-12(5-6-30(15)29-18)25-19(31)16-13(8-24-28-16)20-26-14(9-32-20)17(22)23;4*1-2/h1-4,8-9,12,17H,5-7H2,(H,24,28)(H,25,31);4*1-2H3. The average Bonchev–Trinajstić information content (AvgIpc) is 3.77. The Morgan fingerprint density at radius 2 is 1.70 bits per heavy atom. The van der Waals surface area contributed by atoms with Crippen LogP contribution in [-0.2, 0) is 13.0 Å². The van der Waals surface area contributed by atoms with Crippen molar-refractivity contribution < 1.29 is 18.0 Å². The molecule has 12 heteroatoms. The molecule has 3 aromatic heterocycles. The number of hydrogen-bond acceptors (Lipinski definition) is 6. The van der Waals surface area contributed by atoms with Crippen LogP contribution >= 0.6 is 11.3 Å². The number of aryl methyl sites for hydroxylation is 1. The molecule has 220 valence electrons. The number of thiazole rings is 1. The summed E-state index contributed by atoms with van der Waals surface area (Å²) < 4.78 is 40.6. The van der Waals surface area contributed by atoms with Gasteiger partial charge in [0, 0.05) is 30.0 Å². The normalized spacial score (nSPS) is 13.2. The lowest BCUT2D eigenvalue weighted by Crippen LogP contribution is -2.40. The summed E-state index contributed by atoms with van der Waals surface area (Å²) in [4.78, 5) is 21.3. The molecule has 40 heavy (non-hydrogen) atoms. The number of fused-ring (bicyclic) bond motifs is 1. The maximum Gasteiger partial charge on any atom is 0.281 e. The highest BCUT2D eigenvalue weighted by Crippen LogP contribution is 2.30. The molecule has 0 aliphatic carbocycles. The fraction of sp³-hybridized carbons (Fsp3) is 0.464. The molecule has 0 radical (unpaired) electrons. The minimum atomic E-state index is -2.68. The molecule has 0 saturated heterocycles. The van der Waals surface area contributed by atoms with Crippen molar-refractivity contribution in [3.63, 3.8) is 0 Å². The largest absolute Gasteiger partial charge is 0.347 e. The number of carbonyl (C=O) groups excluding carboxylic acids is 1. The first kappa shape index (κ1) is 34.5. The van der Waals surface area contributed by atoms with Crippen LogP contribution in [0.3, 0.4) is 0 Å². The van der Waals surface area contributed by atoms with Crippen molar-refractivity contribution in [2.75, 3.05) is 0 Å². The summed E-state index contributed by atoms with van der Waals surface area (Å²) in [6, 6.07) is 5.76. The van der Waals surface area contributed by atoms with Crippen LogP contribution in [0.5, 0.6) is 0 Å². The first-order valence-electron chi connectivity index (χ1n) is 13.8. The number of H-pyrrole nitrogens is 1. The van der Waals surface area contributed by atoms with Crippen molar-refractivity contribution in [2.24, 2.45) is 0 Å². The maximum atomic E-state index is 13.2. The fourth-order valence-electron chi connectivity index (χ4n) is 3.54. The van der Waals surface area contributed by atoms with E-state index < -0.39 is 12.3 Å². The van der Waals surface area contributed by atoms with Crippen LogP contribution in [0.4, 0.5) is 13.2 Å². The molecule has 0 spiro atoms. The van der Waals surface area contributed by atoms with Crippen LogP contribution in [0.25, 0.3) is 22.0 Å². The molecule has 1 aliphatic rings. The van der Waals surface area contributed by atoms with Gasteiger partial charge >= 0.3 is 0 Å². The number of carbonyl (C=O) groups is 1. The van der Waals surface area contributed by atoms with Gasteiger partial charge in [0.1, 0.15) is 28.0 Å². The Labute approximate surface area is 238 Å². The zero-order valence-corrected chi connectivity index (χ0v) is 25.2. The number of alkyl halides is 2. The molecular formula is C28H40F3N7OS. The number of amides is 1. The lowest BCUT2D eigenvalue weighted by atomic mass is 10.1. The Bertz CT molecular complexity index is 1270. The summed E-state index contributed by atoms with van der Waals surface area (Å²) >= 11 is 1.03. The van der Waals surface area contributed by atoms with Crippen LogP contribution in [0.1, 0.15) is 90.2 Å². The van der Waals surface area contributed by atoms with E-state index in [1.807, 2.05) is 55.4 Å². The van der Waals surface area contributed by atoms with Gasteiger partial charge in [-0.25, -0.2) is 27.8 Å². The van der Waals surface area contributed by atoms with E-state index in [4.69, 9.17) is 0 Å². The van der Waals surface area contributed by atoms with E-state index in [9.17, 15) is 18.0 Å². The van der Waals surface area contributed by atoms with Crippen LogP contribution in [0.15, 0.2) is 35.8 Å². The second-order valence-electron chi connectivity index (χ2n) is 7.28. The third-order valence-corrected chi connectivity index (χ3v) is 6.04. The van der Waals surface area contributed by atoms with E-state index in [0.29, 0.717) is 47.2 Å². The van der Waals surface area contributed by atoms with Gasteiger partial charge in [0.05, 0.1) is 11.8 Å². The van der Waals surface area contributed by atoms with E-state index in [0.717, 1.165) is 11.3 Å². The van der Waals surface area contributed by atoms with Gasteiger partial charge in [-0.3, -0.25) is 9.89 Å². The number of benzene rings is 1. The highest BCUT2D eigenvalue weighted by atomic mass is 32.1. The number of rotatable bonds is 5. The predicted molar refractivity (Wildman–Crippen MR) is 155 cm³/mol. The lowest BCUT2D eigenvalue weighted by molar-refractivity contribution is 0.0925. The van der Waals surface area contributed by atoms with Crippen molar-refractivity contribution in [1.82, 2.24) is 35.3 Å². The summed E-state index contributed by atoms with van der Waals surface area (Å²) in [6.07, 6.45) is -0.170. The number of nitrogens with one attached hydrogen (secondary N) is 2. The van der Waals surface area contributed by atoms with E-state index >= 15 is 0 Å². The monoisotopic (exact) mass is 579 g/mol. The minimum Gasteiger partial charge on any atom is -0.347 e. The Kier molecular flexibility index (Phi) is 15.5. The highest BCUT2D eigenvalue weighted by molar-refractivity contribution is 7.13. The predicted octanol–water partition coefficient (Wildman–Crippen LogP) is 7.72. The summed E-state index contributed by atoms with van der Waals surface area (Å²) in [6.45, 7) is 16.6. The second-order valence-corrected chi connectivity index (χ2v) is 8.14. The molecule has 0 saturated carbocycles. The Morgan fingerprint density at radius 3 is 2.30 bits per heavy atom. The Balaban J connectivity index is 0.000000921. The molecule has 5 rings (SSSR count). The number of halogens is 3. The van der Waals surface area contributed by atoms with Crippen LogP contribution in [0.2, 0.25) is 0 Å². The first-order valence-corrected chi connectivity index (χ1v) is 14.6. The van der Waals surface area contributed by atoms with Crippen LogP contribution < -0.4 is 5.32 Å². The quantitative estimate of drug-likeness (QED) is 0.252. The van der Waals surface area contributed by atoms with Crippen molar-refractivity contribution in [3.8, 4) is 22.0 Å². The molecule has 2 N–H and O–H groups in total. The Morgan fingerprint density at radius 1 is 1.05 bits per heavy atom. The zero-order chi connectivity index (χ0) is 30.2. The van der Waals surface area contributed by atoms with Gasteiger partial charge in [-0.15, -0.1) is 11.3 Å². The average molecular weight is 580 g/mol. The summed E-state index contributed by atoms with van der Waals surface area (Å²) in [7, 11) is 0. The third-order valence-electron chi connectivity index (χ3n) is 5.15. The molecule has 1 amide bonds. The second kappa shape index (κ2) is 17.9. The topological polar surface area (TPSA) is 101 Å². The highest BCUT2D eigenvalue weighted by Gasteiger charge is 2.26. The van der Waals surface area contributed by atoms with Crippen molar-refractivity contribution in [1.29, 1.82) is 0 Å². The smallest absolute Gasteiger partial charge is 0.281 e. The zero-order valence-electron chi connectivity index (χ0n) is 24.4. The Hall–Kier alpha value is -3.54. The molecule has 1 unspecified atom stereocenters. The number of nitrogens with zero attached hydrogens (tertiary/aromatic N) is 5. The molecule has 8 nitrogen and oxygen atoms in total. The molecule has 1 aliphatic heterocycles. The number of aromatic amines is 1. The molecular weight excluding hydrogens is 539 g/mol. The van der Waals surface area contributed by atoms with Gasteiger partial charge in [-0.1, -0.05) is 55.4 Å². The van der Waals surface area contributed by atoms with E-state index in [1.54, 1.807) is 16.8 Å². The maximum absolute atomic E-state index is 13.2. The SMILES string of the molecule is CC.CC.CC.CC.O=C(NC1CCn2nc(-c3ccc(F)cc3)nc2C1)c1[nH]ncc1-c1nc(C(F)F)cs1. The van der Waals surface area contributed by atoms with Gasteiger partial charge in [-0.2, -0.15) is 10.2 Å². The molecule has 0 bridgehead atoms. The lowest BCUT2D eigenvalue weighted by Gasteiger charge is -2.23. The van der Waals surface area contributed by atoms with Crippen molar-refractivity contribution >= 4 is 17.2 Å². The number of aromatic nitrogens is 6. The van der Waals surface area contributed by atoms with Gasteiger partial charge < -0.3 is 5.32 Å². The van der Waals surface area contributed by atoms with Gasteiger partial charge in [0.25, 0.3) is 12.3 Å². The first-order chi connectivity index (χ1) is 19.5. The molecule has 1 atom stereocenters. The molecule has 1 aromatic carbocycles. The summed E-state index contributed by atoms with van der Waals surface area (Å²) in [5, 5.41) is 15.5. The van der Waals surface area contributed by atoms with Gasteiger partial charge in [0.15, 0.2) is 5.82 Å². The van der Waals surface area contributed by atoms with E-state index in [-0.39, 0.29) is 23.2 Å².